The lowest BCUT2D eigenvalue weighted by atomic mass is 10.1. The van der Waals surface area contributed by atoms with Gasteiger partial charge in [0.2, 0.25) is 0 Å². The average molecular weight is 353 g/mol. The number of amides is 1. The summed E-state index contributed by atoms with van der Waals surface area (Å²) in [4.78, 5) is 12.3. The molecule has 1 heterocycles. The third kappa shape index (κ3) is 3.91. The smallest absolute Gasteiger partial charge is 0.271 e. The monoisotopic (exact) mass is 353 g/mol. The van der Waals surface area contributed by atoms with Gasteiger partial charge in [0.25, 0.3) is 5.91 Å². The molecule has 5 nitrogen and oxygen atoms in total. The Kier molecular flexibility index (Phi) is 5.31. The van der Waals surface area contributed by atoms with Crippen molar-refractivity contribution in [2.75, 3.05) is 13.7 Å². The van der Waals surface area contributed by atoms with E-state index in [0.717, 1.165) is 11.4 Å². The summed E-state index contributed by atoms with van der Waals surface area (Å²) in [6.45, 7) is 2.22. The van der Waals surface area contributed by atoms with Crippen LogP contribution in [0.2, 0.25) is 0 Å². The van der Waals surface area contributed by atoms with Gasteiger partial charge in [-0.25, -0.2) is 9.07 Å². The van der Waals surface area contributed by atoms with Crippen LogP contribution in [0.25, 0.3) is 5.69 Å². The lowest BCUT2D eigenvalue weighted by Crippen LogP contribution is -2.26. The molecule has 0 radical (unpaired) electrons. The standard InChI is InChI=1S/C20H20FN3O2/c1-14-12-19(23-24(14)16-7-5-8-17(13-16)26-2)20(25)22-11-10-15-6-3-4-9-18(15)21/h3-9,12-13H,10-11H2,1-2H3,(H,22,25). The van der Waals surface area contributed by atoms with Crippen LogP contribution in [0.1, 0.15) is 21.7 Å². The molecular formula is C20H20FN3O2. The molecule has 0 aliphatic heterocycles. The fourth-order valence-electron chi connectivity index (χ4n) is 2.69. The third-order valence-corrected chi connectivity index (χ3v) is 4.06. The molecule has 6 heteroatoms. The molecule has 2 aromatic carbocycles. The summed E-state index contributed by atoms with van der Waals surface area (Å²) in [5.74, 6) is 0.166. The number of nitrogens with one attached hydrogen (secondary N) is 1. The molecule has 0 fully saturated rings. The van der Waals surface area contributed by atoms with Crippen molar-refractivity contribution in [2.45, 2.75) is 13.3 Å². The lowest BCUT2D eigenvalue weighted by molar-refractivity contribution is 0.0948. The number of methoxy groups -OCH3 is 1. The van der Waals surface area contributed by atoms with Crippen molar-refractivity contribution in [3.05, 3.63) is 77.4 Å². The molecule has 134 valence electrons. The van der Waals surface area contributed by atoms with Crippen molar-refractivity contribution in [2.24, 2.45) is 0 Å². The van der Waals surface area contributed by atoms with Crippen LogP contribution in [0, 0.1) is 12.7 Å². The zero-order chi connectivity index (χ0) is 18.5. The van der Waals surface area contributed by atoms with Gasteiger partial charge < -0.3 is 10.1 Å². The van der Waals surface area contributed by atoms with E-state index in [9.17, 15) is 9.18 Å². The topological polar surface area (TPSA) is 56.2 Å². The number of aryl methyl sites for hydroxylation is 1. The van der Waals surface area contributed by atoms with Gasteiger partial charge in [0.1, 0.15) is 11.6 Å². The van der Waals surface area contributed by atoms with Gasteiger partial charge in [-0.15, -0.1) is 0 Å². The van der Waals surface area contributed by atoms with E-state index in [4.69, 9.17) is 4.74 Å². The lowest BCUT2D eigenvalue weighted by Gasteiger charge is -2.06. The number of carbonyl (C=O) groups is 1. The van der Waals surface area contributed by atoms with E-state index < -0.39 is 0 Å². The zero-order valence-electron chi connectivity index (χ0n) is 14.7. The predicted octanol–water partition coefficient (Wildman–Crippen LogP) is 3.30. The third-order valence-electron chi connectivity index (χ3n) is 4.06. The largest absolute Gasteiger partial charge is 0.497 e. The highest BCUT2D eigenvalue weighted by molar-refractivity contribution is 5.92. The van der Waals surface area contributed by atoms with E-state index in [2.05, 4.69) is 10.4 Å². The van der Waals surface area contributed by atoms with Crippen molar-refractivity contribution in [3.8, 4) is 11.4 Å². The van der Waals surface area contributed by atoms with Crippen molar-refractivity contribution >= 4 is 5.91 Å². The van der Waals surface area contributed by atoms with Gasteiger partial charge >= 0.3 is 0 Å². The minimum atomic E-state index is -0.286. The summed E-state index contributed by atoms with van der Waals surface area (Å²) in [5.41, 5.74) is 2.54. The van der Waals surface area contributed by atoms with E-state index in [-0.39, 0.29) is 11.7 Å². The molecule has 1 aromatic heterocycles. The van der Waals surface area contributed by atoms with Crippen LogP contribution in [-0.4, -0.2) is 29.3 Å². The Morgan fingerprint density at radius 3 is 2.77 bits per heavy atom. The van der Waals surface area contributed by atoms with Crippen LogP contribution in [0.4, 0.5) is 4.39 Å². The normalized spacial score (nSPS) is 10.6. The minimum absolute atomic E-state index is 0.264. The average Bonchev–Trinajstić information content (AvgIpc) is 3.05. The highest BCUT2D eigenvalue weighted by Crippen LogP contribution is 2.18. The maximum Gasteiger partial charge on any atom is 0.271 e. The molecule has 1 amide bonds. The molecule has 0 atom stereocenters. The fraction of sp³-hybridized carbons (Fsp3) is 0.200. The molecule has 0 bridgehead atoms. The Labute approximate surface area is 151 Å². The molecule has 0 spiro atoms. The van der Waals surface area contributed by atoms with Crippen LogP contribution in [0.15, 0.2) is 54.6 Å². The van der Waals surface area contributed by atoms with Crippen LogP contribution in [0.3, 0.4) is 0 Å². The summed E-state index contributed by atoms with van der Waals surface area (Å²) in [6.07, 6.45) is 0.425. The quantitative estimate of drug-likeness (QED) is 0.740. The van der Waals surface area contributed by atoms with E-state index in [0.29, 0.717) is 30.0 Å². The molecule has 0 unspecified atom stereocenters. The first-order valence-electron chi connectivity index (χ1n) is 8.31. The van der Waals surface area contributed by atoms with Crippen LogP contribution < -0.4 is 10.1 Å². The van der Waals surface area contributed by atoms with Crippen molar-refractivity contribution in [3.63, 3.8) is 0 Å². The Morgan fingerprint density at radius 2 is 2.00 bits per heavy atom. The number of carbonyl (C=O) groups excluding carboxylic acids is 1. The molecule has 1 N–H and O–H groups in total. The second-order valence-electron chi connectivity index (χ2n) is 5.88. The van der Waals surface area contributed by atoms with Crippen molar-refractivity contribution in [1.82, 2.24) is 15.1 Å². The molecule has 3 rings (SSSR count). The second-order valence-corrected chi connectivity index (χ2v) is 5.88. The molecule has 0 saturated carbocycles. The number of aromatic nitrogens is 2. The van der Waals surface area contributed by atoms with Crippen LogP contribution >= 0.6 is 0 Å². The summed E-state index contributed by atoms with van der Waals surface area (Å²) in [6, 6.07) is 15.7. The molecule has 0 aliphatic carbocycles. The van der Waals surface area contributed by atoms with Gasteiger partial charge in [-0.2, -0.15) is 5.10 Å². The first-order valence-corrected chi connectivity index (χ1v) is 8.31. The zero-order valence-corrected chi connectivity index (χ0v) is 14.7. The number of ether oxygens (including phenoxy) is 1. The minimum Gasteiger partial charge on any atom is -0.497 e. The summed E-state index contributed by atoms with van der Waals surface area (Å²) in [5, 5.41) is 7.16. The first kappa shape index (κ1) is 17.7. The highest BCUT2D eigenvalue weighted by Gasteiger charge is 2.13. The molecule has 3 aromatic rings. The maximum absolute atomic E-state index is 13.6. The van der Waals surface area contributed by atoms with E-state index in [1.54, 1.807) is 36.1 Å². The van der Waals surface area contributed by atoms with E-state index in [1.165, 1.54) is 6.07 Å². The predicted molar refractivity (Wildman–Crippen MR) is 97.3 cm³/mol. The summed E-state index contributed by atoms with van der Waals surface area (Å²) in [7, 11) is 1.60. The Bertz CT molecular complexity index is 921. The maximum atomic E-state index is 13.6. The van der Waals surface area contributed by atoms with Crippen LogP contribution in [-0.2, 0) is 6.42 Å². The Hall–Kier alpha value is -3.15. The number of benzene rings is 2. The SMILES string of the molecule is COc1cccc(-n2nc(C(=O)NCCc3ccccc3F)cc2C)c1. The number of halogens is 1. The Balaban J connectivity index is 1.68. The van der Waals surface area contributed by atoms with Gasteiger partial charge in [-0.05, 0) is 43.2 Å². The molecular weight excluding hydrogens is 333 g/mol. The fourth-order valence-corrected chi connectivity index (χ4v) is 2.69. The van der Waals surface area contributed by atoms with E-state index >= 15 is 0 Å². The number of hydrogen-bond donors (Lipinski definition) is 1. The summed E-state index contributed by atoms with van der Waals surface area (Å²) >= 11 is 0. The van der Waals surface area contributed by atoms with Gasteiger partial charge in [0, 0.05) is 18.3 Å². The molecule has 0 aliphatic rings. The summed E-state index contributed by atoms with van der Waals surface area (Å²) < 4.78 is 20.5. The highest BCUT2D eigenvalue weighted by atomic mass is 19.1. The van der Waals surface area contributed by atoms with Crippen molar-refractivity contribution < 1.29 is 13.9 Å². The van der Waals surface area contributed by atoms with Crippen molar-refractivity contribution in [1.29, 1.82) is 0 Å². The second kappa shape index (κ2) is 7.82. The van der Waals surface area contributed by atoms with Crippen LogP contribution in [0.5, 0.6) is 5.75 Å². The number of nitrogens with zero attached hydrogens (tertiary/aromatic N) is 2. The number of rotatable bonds is 6. The number of hydrogen-bond acceptors (Lipinski definition) is 3. The Morgan fingerprint density at radius 1 is 1.19 bits per heavy atom. The van der Waals surface area contributed by atoms with Gasteiger partial charge in [0.15, 0.2) is 5.69 Å². The van der Waals surface area contributed by atoms with Gasteiger partial charge in [-0.1, -0.05) is 24.3 Å². The van der Waals surface area contributed by atoms with E-state index in [1.807, 2.05) is 31.2 Å². The molecule has 0 saturated heterocycles. The van der Waals surface area contributed by atoms with Gasteiger partial charge in [0.05, 0.1) is 12.8 Å². The first-order chi connectivity index (χ1) is 12.6. The molecule has 26 heavy (non-hydrogen) atoms. The van der Waals surface area contributed by atoms with Gasteiger partial charge in [-0.3, -0.25) is 4.79 Å².